The fourth-order valence-corrected chi connectivity index (χ4v) is 3.91. The van der Waals surface area contributed by atoms with E-state index in [1.807, 2.05) is 66.8 Å². The van der Waals surface area contributed by atoms with Crippen LogP contribution in [0.15, 0.2) is 72.8 Å². The predicted molar refractivity (Wildman–Crippen MR) is 155 cm³/mol. The zero-order chi connectivity index (χ0) is 26.6. The Labute approximate surface area is 220 Å². The first-order valence-corrected chi connectivity index (χ1v) is 12.3. The van der Waals surface area contributed by atoms with Crippen molar-refractivity contribution in [2.24, 2.45) is 0 Å². The van der Waals surface area contributed by atoms with Crippen molar-refractivity contribution in [3.8, 4) is 17.2 Å². The predicted octanol–water partition coefficient (Wildman–Crippen LogP) is 7.02. The molecule has 0 aromatic heterocycles. The highest BCUT2D eigenvalue weighted by Gasteiger charge is 2.09. The minimum Gasteiger partial charge on any atom is -0.497 e. The van der Waals surface area contributed by atoms with Crippen LogP contribution in [0, 0.1) is 0 Å². The number of allylic oxidation sites excluding steroid dienone is 2. The third-order valence-electron chi connectivity index (χ3n) is 6.05. The number of ether oxygens (including phenoxy) is 3. The zero-order valence-electron chi connectivity index (χ0n) is 22.2. The van der Waals surface area contributed by atoms with Gasteiger partial charge in [-0.2, -0.15) is 0 Å². The van der Waals surface area contributed by atoms with E-state index in [9.17, 15) is 4.79 Å². The molecule has 0 heterocycles. The highest BCUT2D eigenvalue weighted by molar-refractivity contribution is 6.05. The van der Waals surface area contributed by atoms with Crippen LogP contribution in [-0.4, -0.2) is 40.2 Å². The smallest absolute Gasteiger partial charge is 0.178 e. The van der Waals surface area contributed by atoms with Crippen LogP contribution in [0.1, 0.15) is 36.1 Å². The summed E-state index contributed by atoms with van der Waals surface area (Å²) >= 11 is 0. The second kappa shape index (κ2) is 13.7. The number of hydrogen-bond acceptors (Lipinski definition) is 5. The van der Waals surface area contributed by atoms with Gasteiger partial charge in [-0.05, 0) is 79.1 Å². The van der Waals surface area contributed by atoms with Crippen LogP contribution in [0.25, 0.3) is 24.3 Å². The molecule has 0 fully saturated rings. The maximum absolute atomic E-state index is 12.7. The third-order valence-corrected chi connectivity index (χ3v) is 6.05. The van der Waals surface area contributed by atoms with E-state index in [1.54, 1.807) is 39.6 Å². The topological polar surface area (TPSA) is 48.0 Å². The lowest BCUT2D eigenvalue weighted by Gasteiger charge is -2.20. The Bertz CT molecular complexity index is 1250. The number of benzene rings is 3. The third kappa shape index (κ3) is 7.61. The van der Waals surface area contributed by atoms with E-state index in [-0.39, 0.29) is 5.78 Å². The Morgan fingerprint density at radius 2 is 1.30 bits per heavy atom. The number of methoxy groups -OCH3 is 3. The largest absolute Gasteiger partial charge is 0.497 e. The monoisotopic (exact) mass is 497 g/mol. The van der Waals surface area contributed by atoms with Crippen LogP contribution in [0.3, 0.4) is 0 Å². The normalized spacial score (nSPS) is 11.4. The molecule has 0 aliphatic rings. The van der Waals surface area contributed by atoms with Crippen LogP contribution in [0.5, 0.6) is 17.2 Å². The quantitative estimate of drug-likeness (QED) is 0.199. The Hall–Kier alpha value is -4.25. The van der Waals surface area contributed by atoms with E-state index in [2.05, 4.69) is 30.9 Å². The van der Waals surface area contributed by atoms with E-state index >= 15 is 0 Å². The lowest BCUT2D eigenvalue weighted by atomic mass is 10.0. The van der Waals surface area contributed by atoms with Gasteiger partial charge in [0.1, 0.15) is 17.2 Å². The van der Waals surface area contributed by atoms with Gasteiger partial charge in [0.15, 0.2) is 5.78 Å². The standard InChI is InChI=1S/C32H35NO4/c1-6-33(7-2)27-15-9-25(10-16-27)11-17-28(34)18-21-31-26(22-30(36-4)23-32(31)37-5)14-8-24-12-19-29(35-3)20-13-24/h8-23H,6-7H2,1-5H3/b14-8+,17-11+,21-18+. The van der Waals surface area contributed by atoms with Crippen molar-refractivity contribution in [3.05, 3.63) is 95.1 Å². The van der Waals surface area contributed by atoms with Crippen LogP contribution < -0.4 is 19.1 Å². The number of nitrogens with zero attached hydrogens (tertiary/aromatic N) is 1. The number of hydrogen-bond donors (Lipinski definition) is 0. The average Bonchev–Trinajstić information content (AvgIpc) is 2.95. The fraction of sp³-hybridized carbons (Fsp3) is 0.219. The number of carbonyl (C=O) groups is 1. The molecule has 0 N–H and O–H groups in total. The lowest BCUT2D eigenvalue weighted by molar-refractivity contribution is -0.110. The van der Waals surface area contributed by atoms with Gasteiger partial charge < -0.3 is 19.1 Å². The van der Waals surface area contributed by atoms with Gasteiger partial charge in [0.25, 0.3) is 0 Å². The SMILES string of the molecule is CCN(CC)c1ccc(/C=C/C(=O)/C=C/c2c(/C=C/c3ccc(OC)cc3)cc(OC)cc2OC)cc1. The Kier molecular flexibility index (Phi) is 10.1. The molecule has 0 saturated heterocycles. The van der Waals surface area contributed by atoms with Crippen molar-refractivity contribution in [2.75, 3.05) is 39.3 Å². The van der Waals surface area contributed by atoms with Gasteiger partial charge in [0, 0.05) is 30.4 Å². The van der Waals surface area contributed by atoms with Crippen LogP contribution >= 0.6 is 0 Å². The first kappa shape index (κ1) is 27.3. The van der Waals surface area contributed by atoms with Gasteiger partial charge in [-0.15, -0.1) is 0 Å². The lowest BCUT2D eigenvalue weighted by Crippen LogP contribution is -2.21. The molecule has 0 aliphatic carbocycles. The average molecular weight is 498 g/mol. The second-order valence-electron chi connectivity index (χ2n) is 8.27. The number of carbonyl (C=O) groups excluding carboxylic acids is 1. The molecule has 37 heavy (non-hydrogen) atoms. The van der Waals surface area contributed by atoms with E-state index in [0.29, 0.717) is 11.5 Å². The second-order valence-corrected chi connectivity index (χ2v) is 8.27. The van der Waals surface area contributed by atoms with Crippen molar-refractivity contribution in [3.63, 3.8) is 0 Å². The number of rotatable bonds is 12. The van der Waals surface area contributed by atoms with Crippen molar-refractivity contribution >= 4 is 35.8 Å². The van der Waals surface area contributed by atoms with Crippen LogP contribution in [-0.2, 0) is 4.79 Å². The molecule has 3 aromatic carbocycles. The summed E-state index contributed by atoms with van der Waals surface area (Å²) in [5.41, 5.74) is 4.83. The van der Waals surface area contributed by atoms with Crippen molar-refractivity contribution in [2.45, 2.75) is 13.8 Å². The molecule has 0 radical (unpaired) electrons. The summed E-state index contributed by atoms with van der Waals surface area (Å²) in [5, 5.41) is 0. The van der Waals surface area contributed by atoms with Crippen LogP contribution in [0.2, 0.25) is 0 Å². The highest BCUT2D eigenvalue weighted by atomic mass is 16.5. The molecule has 3 rings (SSSR count). The first-order chi connectivity index (χ1) is 18.0. The van der Waals surface area contributed by atoms with E-state index in [4.69, 9.17) is 14.2 Å². The van der Waals surface area contributed by atoms with E-state index in [1.165, 1.54) is 5.69 Å². The minimum absolute atomic E-state index is 0.115. The molecule has 0 saturated carbocycles. The molecule has 0 atom stereocenters. The molecular formula is C32H35NO4. The molecule has 5 nitrogen and oxygen atoms in total. The van der Waals surface area contributed by atoms with Gasteiger partial charge in [-0.25, -0.2) is 0 Å². The van der Waals surface area contributed by atoms with Gasteiger partial charge in [-0.1, -0.05) is 42.5 Å². The van der Waals surface area contributed by atoms with Crippen molar-refractivity contribution < 1.29 is 19.0 Å². The summed E-state index contributed by atoms with van der Waals surface area (Å²) in [6.45, 7) is 6.20. The van der Waals surface area contributed by atoms with Gasteiger partial charge in [0.2, 0.25) is 0 Å². The minimum atomic E-state index is -0.115. The summed E-state index contributed by atoms with van der Waals surface area (Å²) in [6, 6.07) is 19.7. The number of anilines is 1. The Morgan fingerprint density at radius 3 is 1.89 bits per heavy atom. The van der Waals surface area contributed by atoms with Gasteiger partial charge in [0.05, 0.1) is 21.3 Å². The maximum atomic E-state index is 12.7. The van der Waals surface area contributed by atoms with Gasteiger partial charge in [-0.3, -0.25) is 4.79 Å². The molecule has 192 valence electrons. The summed E-state index contributed by atoms with van der Waals surface area (Å²) in [5.74, 6) is 1.97. The molecule has 0 amide bonds. The maximum Gasteiger partial charge on any atom is 0.178 e. The number of ketones is 1. The molecule has 0 unspecified atom stereocenters. The summed E-state index contributed by atoms with van der Waals surface area (Å²) in [6.07, 6.45) is 10.7. The first-order valence-electron chi connectivity index (χ1n) is 12.3. The molecule has 0 aliphatic heterocycles. The summed E-state index contributed by atoms with van der Waals surface area (Å²) < 4.78 is 16.3. The van der Waals surface area contributed by atoms with E-state index < -0.39 is 0 Å². The molecule has 5 heteroatoms. The van der Waals surface area contributed by atoms with Crippen molar-refractivity contribution in [1.82, 2.24) is 0 Å². The molecular weight excluding hydrogens is 462 g/mol. The van der Waals surface area contributed by atoms with E-state index in [0.717, 1.165) is 41.1 Å². The van der Waals surface area contributed by atoms with Crippen LogP contribution in [0.4, 0.5) is 5.69 Å². The molecule has 0 spiro atoms. The highest BCUT2D eigenvalue weighted by Crippen LogP contribution is 2.31. The zero-order valence-corrected chi connectivity index (χ0v) is 22.2. The Balaban J connectivity index is 1.81. The summed E-state index contributed by atoms with van der Waals surface area (Å²) in [7, 11) is 4.86. The summed E-state index contributed by atoms with van der Waals surface area (Å²) in [4.78, 5) is 14.9. The molecule has 3 aromatic rings. The Morgan fingerprint density at radius 1 is 0.703 bits per heavy atom. The van der Waals surface area contributed by atoms with Crippen molar-refractivity contribution in [1.29, 1.82) is 0 Å². The molecule has 0 bridgehead atoms. The fourth-order valence-electron chi connectivity index (χ4n) is 3.91. The van der Waals surface area contributed by atoms with Gasteiger partial charge >= 0.3 is 0 Å².